The Morgan fingerprint density at radius 3 is 1.82 bits per heavy atom. The second-order valence-corrected chi connectivity index (χ2v) is 6.45. The van der Waals surface area contributed by atoms with Crippen LogP contribution in [0.25, 0.3) is 0 Å². The van der Waals surface area contributed by atoms with E-state index in [2.05, 4.69) is 56.0 Å². The van der Waals surface area contributed by atoms with Crippen molar-refractivity contribution in [3.05, 3.63) is 11.8 Å². The largest absolute Gasteiger partial charge is 0.317 e. The van der Waals surface area contributed by atoms with Gasteiger partial charge in [0.05, 0.1) is 0 Å². The van der Waals surface area contributed by atoms with Crippen LogP contribution in [0.1, 0.15) is 13.3 Å². The van der Waals surface area contributed by atoms with Crippen molar-refractivity contribution in [2.45, 2.75) is 13.3 Å². The zero-order valence-corrected chi connectivity index (χ0v) is 9.49. The average Bonchev–Trinajstić information content (AvgIpc) is 1.87. The molecule has 2 nitrogen and oxygen atoms in total. The minimum atomic E-state index is -0.912. The van der Waals surface area contributed by atoms with Gasteiger partial charge in [-0.2, -0.15) is 0 Å². The number of hydrogen-bond donors (Lipinski definition) is 0. The lowest BCUT2D eigenvalue weighted by Gasteiger charge is -2.25. The van der Waals surface area contributed by atoms with Crippen molar-refractivity contribution < 1.29 is 0 Å². The fraction of sp³-hybridized carbons (Fsp3) is 0.750. The molecule has 0 aliphatic heterocycles. The highest BCUT2D eigenvalue weighted by atomic mass is 28.3. The standard InChI is InChI=1S/C8H20N2Si/c1-6-7-8-11(9(2)3)10(4)5/h7-8,11H,6H2,1-5H3. The maximum Gasteiger partial charge on any atom is 0.214 e. The number of hydrogen-bond acceptors (Lipinski definition) is 2. The lowest BCUT2D eigenvalue weighted by molar-refractivity contribution is 0.529. The summed E-state index contributed by atoms with van der Waals surface area (Å²) in [6, 6.07) is 0. The SMILES string of the molecule is CCC=C[SiH](N(C)C)N(C)C. The van der Waals surface area contributed by atoms with Crippen LogP contribution >= 0.6 is 0 Å². The van der Waals surface area contributed by atoms with Crippen LogP contribution in [0.5, 0.6) is 0 Å². The highest BCUT2D eigenvalue weighted by Gasteiger charge is 2.11. The van der Waals surface area contributed by atoms with Crippen LogP contribution < -0.4 is 0 Å². The molecule has 0 atom stereocenters. The lowest BCUT2D eigenvalue weighted by atomic mass is 10.5. The molecule has 0 saturated heterocycles. The minimum Gasteiger partial charge on any atom is -0.317 e. The van der Waals surface area contributed by atoms with E-state index in [1.807, 2.05) is 0 Å². The van der Waals surface area contributed by atoms with Gasteiger partial charge < -0.3 is 9.13 Å². The van der Waals surface area contributed by atoms with E-state index in [1.54, 1.807) is 0 Å². The van der Waals surface area contributed by atoms with Gasteiger partial charge in [0.2, 0.25) is 9.12 Å². The summed E-state index contributed by atoms with van der Waals surface area (Å²) >= 11 is 0. The van der Waals surface area contributed by atoms with Crippen LogP contribution in [0, 0.1) is 0 Å². The van der Waals surface area contributed by atoms with Gasteiger partial charge in [0, 0.05) is 0 Å². The van der Waals surface area contributed by atoms with Crippen LogP contribution in [-0.4, -0.2) is 46.4 Å². The summed E-state index contributed by atoms with van der Waals surface area (Å²) in [5, 5.41) is 0. The molecule has 0 bridgehead atoms. The first-order valence-corrected chi connectivity index (χ1v) is 5.79. The highest BCUT2D eigenvalue weighted by Crippen LogP contribution is 1.94. The molecule has 0 aromatic rings. The molecule has 0 saturated carbocycles. The van der Waals surface area contributed by atoms with E-state index < -0.39 is 9.12 Å². The molecule has 0 heterocycles. The molecule has 0 rings (SSSR count). The van der Waals surface area contributed by atoms with Crippen molar-refractivity contribution in [3.8, 4) is 0 Å². The van der Waals surface area contributed by atoms with Crippen LogP contribution in [0.2, 0.25) is 0 Å². The lowest BCUT2D eigenvalue weighted by Crippen LogP contribution is -2.44. The van der Waals surface area contributed by atoms with Gasteiger partial charge in [-0.25, -0.2) is 0 Å². The van der Waals surface area contributed by atoms with Gasteiger partial charge in [-0.3, -0.25) is 0 Å². The fourth-order valence-corrected chi connectivity index (χ4v) is 3.19. The van der Waals surface area contributed by atoms with Crippen molar-refractivity contribution in [2.75, 3.05) is 28.2 Å². The maximum absolute atomic E-state index is 2.36. The summed E-state index contributed by atoms with van der Waals surface area (Å²) in [7, 11) is 7.69. The van der Waals surface area contributed by atoms with E-state index in [0.29, 0.717) is 0 Å². The van der Waals surface area contributed by atoms with Gasteiger partial charge in [0.15, 0.2) is 0 Å². The molecule has 0 aromatic carbocycles. The predicted octanol–water partition coefficient (Wildman–Crippen LogP) is 0.835. The van der Waals surface area contributed by atoms with Crippen LogP contribution in [0.15, 0.2) is 11.8 Å². The highest BCUT2D eigenvalue weighted by molar-refractivity contribution is 6.58. The molecule has 0 aliphatic rings. The van der Waals surface area contributed by atoms with E-state index in [-0.39, 0.29) is 0 Å². The van der Waals surface area contributed by atoms with E-state index in [4.69, 9.17) is 0 Å². The molecule has 0 unspecified atom stereocenters. The Labute approximate surface area is 72.3 Å². The van der Waals surface area contributed by atoms with Crippen LogP contribution in [0.3, 0.4) is 0 Å². The first-order chi connectivity index (χ1) is 5.09. The number of rotatable bonds is 4. The molecule has 0 aliphatic carbocycles. The van der Waals surface area contributed by atoms with Crippen LogP contribution in [0.4, 0.5) is 0 Å². The Bertz CT molecular complexity index is 113. The van der Waals surface area contributed by atoms with Crippen LogP contribution in [-0.2, 0) is 0 Å². The van der Waals surface area contributed by atoms with Gasteiger partial charge in [-0.1, -0.05) is 18.7 Å². The first-order valence-electron chi connectivity index (χ1n) is 4.09. The summed E-state index contributed by atoms with van der Waals surface area (Å²) in [6.07, 6.45) is 3.40. The fourth-order valence-electron chi connectivity index (χ4n) is 1.06. The zero-order chi connectivity index (χ0) is 8.85. The summed E-state index contributed by atoms with van der Waals surface area (Å²) in [5.74, 6) is 0. The number of allylic oxidation sites excluding steroid dienone is 1. The third-order valence-corrected chi connectivity index (χ3v) is 4.33. The molecule has 66 valence electrons. The smallest absolute Gasteiger partial charge is 0.214 e. The summed E-state index contributed by atoms with van der Waals surface area (Å²) in [5.41, 5.74) is 2.36. The monoisotopic (exact) mass is 172 g/mol. The van der Waals surface area contributed by atoms with Gasteiger partial charge in [0.25, 0.3) is 0 Å². The Kier molecular flexibility index (Phi) is 5.46. The first kappa shape index (κ1) is 10.9. The van der Waals surface area contributed by atoms with Gasteiger partial charge in [-0.15, -0.1) is 0 Å². The molecule has 0 spiro atoms. The van der Waals surface area contributed by atoms with Gasteiger partial charge >= 0.3 is 0 Å². The Morgan fingerprint density at radius 1 is 1.09 bits per heavy atom. The van der Waals surface area contributed by atoms with Gasteiger partial charge in [0.1, 0.15) is 0 Å². The molecule has 0 N–H and O–H groups in total. The van der Waals surface area contributed by atoms with Crippen molar-refractivity contribution in [2.24, 2.45) is 0 Å². The third kappa shape index (κ3) is 4.34. The topological polar surface area (TPSA) is 6.48 Å². The van der Waals surface area contributed by atoms with Gasteiger partial charge in [-0.05, 0) is 34.6 Å². The van der Waals surface area contributed by atoms with Crippen molar-refractivity contribution >= 4 is 9.12 Å². The van der Waals surface area contributed by atoms with E-state index in [1.165, 1.54) is 0 Å². The molecule has 0 radical (unpaired) electrons. The average molecular weight is 172 g/mol. The quantitative estimate of drug-likeness (QED) is 0.580. The van der Waals surface area contributed by atoms with Crippen molar-refractivity contribution in [1.29, 1.82) is 0 Å². The summed E-state index contributed by atoms with van der Waals surface area (Å²) < 4.78 is 4.65. The third-order valence-electron chi connectivity index (χ3n) is 1.60. The summed E-state index contributed by atoms with van der Waals surface area (Å²) in [4.78, 5) is 0. The molecular formula is C8H20N2Si. The molecule has 0 fully saturated rings. The van der Waals surface area contributed by atoms with E-state index in [9.17, 15) is 0 Å². The Morgan fingerprint density at radius 2 is 1.55 bits per heavy atom. The normalized spacial score (nSPS) is 12.7. The molecule has 0 amide bonds. The minimum absolute atomic E-state index is 0.912. The van der Waals surface area contributed by atoms with E-state index >= 15 is 0 Å². The van der Waals surface area contributed by atoms with Crippen molar-refractivity contribution in [1.82, 2.24) is 9.13 Å². The predicted molar refractivity (Wildman–Crippen MR) is 54.0 cm³/mol. The zero-order valence-electron chi connectivity index (χ0n) is 8.33. The second-order valence-electron chi connectivity index (χ2n) is 3.18. The van der Waals surface area contributed by atoms with Crippen molar-refractivity contribution in [3.63, 3.8) is 0 Å². The Balaban J connectivity index is 4.00. The number of nitrogens with zero attached hydrogens (tertiary/aromatic N) is 2. The van der Waals surface area contributed by atoms with E-state index in [0.717, 1.165) is 6.42 Å². The molecular weight excluding hydrogens is 152 g/mol. The molecule has 11 heavy (non-hydrogen) atoms. The summed E-state index contributed by atoms with van der Waals surface area (Å²) in [6.45, 7) is 2.17. The molecule has 3 heteroatoms. The Hall–Kier alpha value is -0.123. The maximum atomic E-state index is 2.36. The second kappa shape index (κ2) is 5.52. The molecule has 0 aromatic heterocycles.